The number of nitrogens with two attached hydrogens (primary N) is 1. The maximum atomic E-state index is 12.0. The Hall–Kier alpha value is -2.33. The normalized spacial score (nSPS) is 13.4. The Bertz CT molecular complexity index is 596. The van der Waals surface area contributed by atoms with Crippen LogP contribution in [-0.2, 0) is 11.2 Å². The Labute approximate surface area is 131 Å². The van der Waals surface area contributed by atoms with Crippen LogP contribution in [0.1, 0.15) is 30.6 Å². The second-order valence-corrected chi connectivity index (χ2v) is 5.55. The lowest BCUT2D eigenvalue weighted by Crippen LogP contribution is -2.34. The number of benzene rings is 2. The summed E-state index contributed by atoms with van der Waals surface area (Å²) in [4.78, 5) is 12.0. The van der Waals surface area contributed by atoms with E-state index >= 15 is 0 Å². The Morgan fingerprint density at radius 3 is 2.41 bits per heavy atom. The fourth-order valence-electron chi connectivity index (χ4n) is 2.35. The van der Waals surface area contributed by atoms with Crippen molar-refractivity contribution in [3.05, 3.63) is 65.7 Å². The monoisotopic (exact) mass is 298 g/mol. The first-order valence-corrected chi connectivity index (χ1v) is 7.41. The van der Waals surface area contributed by atoms with Gasteiger partial charge in [-0.3, -0.25) is 4.79 Å². The lowest BCUT2D eigenvalue weighted by atomic mass is 10.0. The third-order valence-electron chi connectivity index (χ3n) is 3.51. The third kappa shape index (κ3) is 4.90. The summed E-state index contributed by atoms with van der Waals surface area (Å²) >= 11 is 0. The molecule has 0 aliphatic carbocycles. The van der Waals surface area contributed by atoms with Crippen molar-refractivity contribution in [3.63, 3.8) is 0 Å². The van der Waals surface area contributed by atoms with Crippen LogP contribution in [-0.4, -0.2) is 17.1 Å². The average Bonchev–Trinajstić information content (AvgIpc) is 2.50. The maximum Gasteiger partial charge on any atom is 0.224 e. The van der Waals surface area contributed by atoms with Gasteiger partial charge in [-0.1, -0.05) is 42.5 Å². The largest absolute Gasteiger partial charge is 0.399 e. The predicted molar refractivity (Wildman–Crippen MR) is 88.2 cm³/mol. The third-order valence-corrected chi connectivity index (χ3v) is 3.51. The Morgan fingerprint density at radius 1 is 1.14 bits per heavy atom. The number of carbonyl (C=O) groups is 1. The topological polar surface area (TPSA) is 75.3 Å². The van der Waals surface area contributed by atoms with E-state index in [1.54, 1.807) is 12.1 Å². The maximum absolute atomic E-state index is 12.0. The van der Waals surface area contributed by atoms with Crippen LogP contribution >= 0.6 is 0 Å². The highest BCUT2D eigenvalue weighted by atomic mass is 16.3. The number of nitrogens with one attached hydrogen (secondary N) is 1. The zero-order valence-corrected chi connectivity index (χ0v) is 12.7. The van der Waals surface area contributed by atoms with E-state index in [-0.39, 0.29) is 11.9 Å². The average molecular weight is 298 g/mol. The number of amides is 1. The van der Waals surface area contributed by atoms with Crippen LogP contribution in [0.3, 0.4) is 0 Å². The molecule has 0 aliphatic heterocycles. The van der Waals surface area contributed by atoms with Crippen molar-refractivity contribution in [2.24, 2.45) is 0 Å². The van der Waals surface area contributed by atoms with Crippen LogP contribution in [0.25, 0.3) is 0 Å². The predicted octanol–water partition coefficient (Wildman–Crippen LogP) is 2.44. The summed E-state index contributed by atoms with van der Waals surface area (Å²) < 4.78 is 0. The molecule has 2 atom stereocenters. The zero-order valence-electron chi connectivity index (χ0n) is 12.7. The quantitative estimate of drug-likeness (QED) is 0.717. The molecule has 0 saturated carbocycles. The van der Waals surface area contributed by atoms with E-state index in [9.17, 15) is 9.90 Å². The van der Waals surface area contributed by atoms with Crippen LogP contribution in [0.2, 0.25) is 0 Å². The van der Waals surface area contributed by atoms with Gasteiger partial charge in [-0.2, -0.15) is 0 Å². The van der Waals surface area contributed by atoms with Crippen molar-refractivity contribution in [2.75, 3.05) is 5.73 Å². The van der Waals surface area contributed by atoms with E-state index < -0.39 is 6.10 Å². The van der Waals surface area contributed by atoms with Gasteiger partial charge in [-0.25, -0.2) is 0 Å². The summed E-state index contributed by atoms with van der Waals surface area (Å²) in [5, 5.41) is 13.1. The lowest BCUT2D eigenvalue weighted by molar-refractivity contribution is -0.121. The van der Waals surface area contributed by atoms with Crippen LogP contribution in [0.4, 0.5) is 5.69 Å². The first-order chi connectivity index (χ1) is 10.5. The number of aliphatic hydroxyl groups is 1. The highest BCUT2D eigenvalue weighted by molar-refractivity contribution is 5.78. The smallest absolute Gasteiger partial charge is 0.224 e. The summed E-state index contributed by atoms with van der Waals surface area (Å²) in [6.45, 7) is 1.90. The van der Waals surface area contributed by atoms with Gasteiger partial charge in [-0.15, -0.1) is 0 Å². The summed E-state index contributed by atoms with van der Waals surface area (Å²) in [6.07, 6.45) is 0.219. The molecule has 2 aromatic rings. The molecule has 2 unspecified atom stereocenters. The van der Waals surface area contributed by atoms with Gasteiger partial charge in [0.25, 0.3) is 0 Å². The summed E-state index contributed by atoms with van der Waals surface area (Å²) in [5.41, 5.74) is 8.09. The molecule has 0 bridgehead atoms. The standard InChI is InChI=1S/C18H22N2O2/c1-13(11-17(21)15-5-3-2-4-6-15)20-18(22)12-14-7-9-16(19)10-8-14/h2-10,13,17,21H,11-12,19H2,1H3,(H,20,22). The number of aliphatic hydroxyl groups excluding tert-OH is 1. The van der Waals surface area contributed by atoms with E-state index in [0.717, 1.165) is 11.1 Å². The van der Waals surface area contributed by atoms with Gasteiger partial charge in [0.2, 0.25) is 5.91 Å². The molecule has 4 N–H and O–H groups in total. The fraction of sp³-hybridized carbons (Fsp3) is 0.278. The number of nitrogen functional groups attached to an aromatic ring is 1. The molecule has 0 fully saturated rings. The van der Waals surface area contributed by atoms with Gasteiger partial charge in [0.15, 0.2) is 0 Å². The number of anilines is 1. The van der Waals surface area contributed by atoms with Gasteiger partial charge in [-0.05, 0) is 36.6 Å². The molecule has 0 spiro atoms. The molecule has 0 radical (unpaired) electrons. The summed E-state index contributed by atoms with van der Waals surface area (Å²) in [6, 6.07) is 16.6. The van der Waals surface area contributed by atoms with Crippen molar-refractivity contribution < 1.29 is 9.90 Å². The molecule has 2 aromatic carbocycles. The van der Waals surface area contributed by atoms with Gasteiger partial charge in [0, 0.05) is 11.7 Å². The molecule has 0 heterocycles. The van der Waals surface area contributed by atoms with Crippen molar-refractivity contribution in [2.45, 2.75) is 31.9 Å². The van der Waals surface area contributed by atoms with Crippen LogP contribution in [0.15, 0.2) is 54.6 Å². The van der Waals surface area contributed by atoms with Gasteiger partial charge < -0.3 is 16.2 Å². The van der Waals surface area contributed by atoms with Gasteiger partial charge in [0.1, 0.15) is 0 Å². The molecular weight excluding hydrogens is 276 g/mol. The SMILES string of the molecule is CC(CC(O)c1ccccc1)NC(=O)Cc1ccc(N)cc1. The van der Waals surface area contributed by atoms with Crippen molar-refractivity contribution in [3.8, 4) is 0 Å². The summed E-state index contributed by atoms with van der Waals surface area (Å²) in [7, 11) is 0. The van der Waals surface area contributed by atoms with Crippen molar-refractivity contribution in [1.29, 1.82) is 0 Å². The highest BCUT2D eigenvalue weighted by Gasteiger charge is 2.14. The van der Waals surface area contributed by atoms with E-state index in [0.29, 0.717) is 18.5 Å². The van der Waals surface area contributed by atoms with E-state index in [1.807, 2.05) is 49.4 Å². The fourth-order valence-corrected chi connectivity index (χ4v) is 2.35. The number of rotatable bonds is 6. The number of hydrogen-bond acceptors (Lipinski definition) is 3. The lowest BCUT2D eigenvalue weighted by Gasteiger charge is -2.18. The zero-order chi connectivity index (χ0) is 15.9. The van der Waals surface area contributed by atoms with Gasteiger partial charge >= 0.3 is 0 Å². The first-order valence-electron chi connectivity index (χ1n) is 7.41. The molecule has 4 heteroatoms. The summed E-state index contributed by atoms with van der Waals surface area (Å²) in [5.74, 6) is -0.0578. The number of hydrogen-bond donors (Lipinski definition) is 3. The van der Waals surface area contributed by atoms with Crippen LogP contribution in [0, 0.1) is 0 Å². The molecule has 116 valence electrons. The molecule has 1 amide bonds. The van der Waals surface area contributed by atoms with E-state index in [2.05, 4.69) is 5.32 Å². The Kier molecular flexibility index (Phi) is 5.55. The molecule has 2 rings (SSSR count). The second-order valence-electron chi connectivity index (χ2n) is 5.55. The molecule has 22 heavy (non-hydrogen) atoms. The van der Waals surface area contributed by atoms with Crippen molar-refractivity contribution in [1.82, 2.24) is 5.32 Å². The second kappa shape index (κ2) is 7.61. The minimum Gasteiger partial charge on any atom is -0.399 e. The molecular formula is C18H22N2O2. The van der Waals surface area contributed by atoms with E-state index in [4.69, 9.17) is 5.73 Å². The van der Waals surface area contributed by atoms with Crippen LogP contribution in [0.5, 0.6) is 0 Å². The molecule has 0 aliphatic rings. The minimum absolute atomic E-state index is 0.0578. The molecule has 0 saturated heterocycles. The highest BCUT2D eigenvalue weighted by Crippen LogP contribution is 2.17. The van der Waals surface area contributed by atoms with Crippen LogP contribution < -0.4 is 11.1 Å². The first kappa shape index (κ1) is 16.0. The minimum atomic E-state index is -0.576. The van der Waals surface area contributed by atoms with Crippen molar-refractivity contribution >= 4 is 11.6 Å². The van der Waals surface area contributed by atoms with E-state index in [1.165, 1.54) is 0 Å². The Balaban J connectivity index is 1.82. The molecule has 0 aromatic heterocycles. The number of carbonyl (C=O) groups excluding carboxylic acids is 1. The Morgan fingerprint density at radius 2 is 1.77 bits per heavy atom. The van der Waals surface area contributed by atoms with Gasteiger partial charge in [0.05, 0.1) is 12.5 Å². The molecule has 4 nitrogen and oxygen atoms in total.